The largest absolute Gasteiger partial charge is 0.462 e. The van der Waals surface area contributed by atoms with E-state index in [9.17, 15) is 4.79 Å². The van der Waals surface area contributed by atoms with E-state index >= 15 is 0 Å². The van der Waals surface area contributed by atoms with Gasteiger partial charge in [0.15, 0.2) is 0 Å². The van der Waals surface area contributed by atoms with Gasteiger partial charge in [0.2, 0.25) is 0 Å². The molecule has 0 aliphatic carbocycles. The standard InChI is InChI=1S/C14H15NO2S/c1-4-17-14(16)11-5-6-12(15-10(11)3)13-9(2)7-8-18-13/h5-8H,4H2,1-3H3. The van der Waals surface area contributed by atoms with Gasteiger partial charge in [0.05, 0.1) is 28.4 Å². The predicted octanol–water partition coefficient (Wildman–Crippen LogP) is 3.60. The normalized spacial score (nSPS) is 10.4. The molecule has 94 valence electrons. The number of carbonyl (C=O) groups excluding carboxylic acids is 1. The molecule has 0 unspecified atom stereocenters. The number of ether oxygens (including phenoxy) is 1. The van der Waals surface area contributed by atoms with Gasteiger partial charge in [0.1, 0.15) is 0 Å². The van der Waals surface area contributed by atoms with Crippen LogP contribution in [0.2, 0.25) is 0 Å². The number of aromatic nitrogens is 1. The van der Waals surface area contributed by atoms with Crippen LogP contribution in [0.4, 0.5) is 0 Å². The Labute approximate surface area is 110 Å². The topological polar surface area (TPSA) is 39.2 Å². The van der Waals surface area contributed by atoms with Crippen LogP contribution in [0.1, 0.15) is 28.5 Å². The summed E-state index contributed by atoms with van der Waals surface area (Å²) in [5.74, 6) is -0.308. The van der Waals surface area contributed by atoms with Gasteiger partial charge in [-0.05, 0) is 49.9 Å². The van der Waals surface area contributed by atoms with Crippen molar-refractivity contribution in [2.24, 2.45) is 0 Å². The highest BCUT2D eigenvalue weighted by Gasteiger charge is 2.13. The number of carbonyl (C=O) groups is 1. The van der Waals surface area contributed by atoms with Crippen LogP contribution >= 0.6 is 11.3 Å². The van der Waals surface area contributed by atoms with Gasteiger partial charge < -0.3 is 4.74 Å². The van der Waals surface area contributed by atoms with Crippen LogP contribution in [0.5, 0.6) is 0 Å². The van der Waals surface area contributed by atoms with Crippen molar-refractivity contribution in [2.75, 3.05) is 6.61 Å². The van der Waals surface area contributed by atoms with Crippen molar-refractivity contribution < 1.29 is 9.53 Å². The lowest BCUT2D eigenvalue weighted by atomic mass is 10.1. The molecule has 0 aliphatic rings. The first-order valence-electron chi connectivity index (χ1n) is 5.82. The van der Waals surface area contributed by atoms with Gasteiger partial charge >= 0.3 is 5.97 Å². The Hall–Kier alpha value is -1.68. The summed E-state index contributed by atoms with van der Waals surface area (Å²) >= 11 is 1.66. The monoisotopic (exact) mass is 261 g/mol. The van der Waals surface area contributed by atoms with Crippen molar-refractivity contribution >= 4 is 17.3 Å². The van der Waals surface area contributed by atoms with Crippen molar-refractivity contribution in [3.05, 3.63) is 40.4 Å². The first-order valence-corrected chi connectivity index (χ1v) is 6.70. The lowest BCUT2D eigenvalue weighted by Crippen LogP contribution is -2.08. The second-order valence-corrected chi connectivity index (χ2v) is 4.90. The van der Waals surface area contributed by atoms with Gasteiger partial charge in [-0.1, -0.05) is 0 Å². The molecular weight excluding hydrogens is 246 g/mol. The fraction of sp³-hybridized carbons (Fsp3) is 0.286. The molecule has 2 heterocycles. The minimum absolute atomic E-state index is 0.308. The Morgan fingerprint density at radius 2 is 2.11 bits per heavy atom. The summed E-state index contributed by atoms with van der Waals surface area (Å²) in [5, 5.41) is 2.04. The summed E-state index contributed by atoms with van der Waals surface area (Å²) < 4.78 is 4.99. The third-order valence-corrected chi connectivity index (χ3v) is 3.71. The molecule has 0 saturated heterocycles. The minimum Gasteiger partial charge on any atom is -0.462 e. The molecule has 0 aliphatic heterocycles. The maximum Gasteiger partial charge on any atom is 0.339 e. The molecule has 0 saturated carbocycles. The number of rotatable bonds is 3. The van der Waals surface area contributed by atoms with Gasteiger partial charge in [0, 0.05) is 0 Å². The molecule has 3 nitrogen and oxygen atoms in total. The zero-order chi connectivity index (χ0) is 13.1. The van der Waals surface area contributed by atoms with Crippen LogP contribution in [0, 0.1) is 13.8 Å². The smallest absolute Gasteiger partial charge is 0.339 e. The molecule has 0 spiro atoms. The number of esters is 1. The van der Waals surface area contributed by atoms with Crippen LogP contribution in [0.15, 0.2) is 23.6 Å². The molecule has 18 heavy (non-hydrogen) atoms. The highest BCUT2D eigenvalue weighted by atomic mass is 32.1. The Bertz CT molecular complexity index is 575. The van der Waals surface area contributed by atoms with Gasteiger partial charge in [-0.15, -0.1) is 11.3 Å². The average Bonchev–Trinajstić information content (AvgIpc) is 2.75. The number of aryl methyl sites for hydroxylation is 2. The molecule has 0 aromatic carbocycles. The number of thiophene rings is 1. The number of pyridine rings is 1. The summed E-state index contributed by atoms with van der Waals surface area (Å²) in [7, 11) is 0. The van der Waals surface area contributed by atoms with E-state index in [1.807, 2.05) is 18.4 Å². The van der Waals surface area contributed by atoms with E-state index in [2.05, 4.69) is 18.0 Å². The van der Waals surface area contributed by atoms with E-state index in [0.717, 1.165) is 10.6 Å². The third-order valence-electron chi connectivity index (χ3n) is 2.68. The van der Waals surface area contributed by atoms with Crippen LogP contribution in [0.3, 0.4) is 0 Å². The van der Waals surface area contributed by atoms with Gasteiger partial charge in [-0.2, -0.15) is 0 Å². The summed E-state index contributed by atoms with van der Waals surface area (Å²) in [5.41, 5.74) is 3.36. The molecular formula is C14H15NO2S. The molecule has 0 fully saturated rings. The Balaban J connectivity index is 2.36. The highest BCUT2D eigenvalue weighted by Crippen LogP contribution is 2.28. The van der Waals surface area contributed by atoms with Crippen molar-refractivity contribution in [3.8, 4) is 10.6 Å². The van der Waals surface area contributed by atoms with Crippen LogP contribution in [-0.4, -0.2) is 17.6 Å². The van der Waals surface area contributed by atoms with E-state index in [1.54, 1.807) is 24.3 Å². The maximum atomic E-state index is 11.7. The van der Waals surface area contributed by atoms with Crippen LogP contribution < -0.4 is 0 Å². The average molecular weight is 261 g/mol. The first-order chi connectivity index (χ1) is 8.63. The lowest BCUT2D eigenvalue weighted by molar-refractivity contribution is 0.0525. The summed E-state index contributed by atoms with van der Waals surface area (Å²) in [6.07, 6.45) is 0. The molecule has 2 aromatic rings. The first kappa shape index (κ1) is 12.8. The maximum absolute atomic E-state index is 11.7. The number of nitrogens with zero attached hydrogens (tertiary/aromatic N) is 1. The van der Waals surface area contributed by atoms with Gasteiger partial charge in [0.25, 0.3) is 0 Å². The van der Waals surface area contributed by atoms with E-state index in [0.29, 0.717) is 17.9 Å². The highest BCUT2D eigenvalue weighted by molar-refractivity contribution is 7.13. The van der Waals surface area contributed by atoms with E-state index in [-0.39, 0.29) is 5.97 Å². The van der Waals surface area contributed by atoms with E-state index in [4.69, 9.17) is 4.74 Å². The molecule has 2 aromatic heterocycles. The summed E-state index contributed by atoms with van der Waals surface area (Å²) in [6, 6.07) is 5.73. The lowest BCUT2D eigenvalue weighted by Gasteiger charge is -2.06. The zero-order valence-corrected chi connectivity index (χ0v) is 11.5. The molecule has 0 radical (unpaired) electrons. The fourth-order valence-electron chi connectivity index (χ4n) is 1.75. The van der Waals surface area contributed by atoms with Crippen LogP contribution in [0.25, 0.3) is 10.6 Å². The van der Waals surface area contributed by atoms with Crippen LogP contribution in [-0.2, 0) is 4.74 Å². The number of hydrogen-bond acceptors (Lipinski definition) is 4. The summed E-state index contributed by atoms with van der Waals surface area (Å²) in [4.78, 5) is 17.3. The Morgan fingerprint density at radius 3 is 2.67 bits per heavy atom. The fourth-order valence-corrected chi connectivity index (χ4v) is 2.64. The van der Waals surface area contributed by atoms with E-state index < -0.39 is 0 Å². The Morgan fingerprint density at radius 1 is 1.33 bits per heavy atom. The molecule has 0 atom stereocenters. The third kappa shape index (κ3) is 2.43. The predicted molar refractivity (Wildman–Crippen MR) is 73.0 cm³/mol. The van der Waals surface area contributed by atoms with Gasteiger partial charge in [-0.3, -0.25) is 4.98 Å². The zero-order valence-electron chi connectivity index (χ0n) is 10.7. The quantitative estimate of drug-likeness (QED) is 0.792. The molecule has 0 N–H and O–H groups in total. The SMILES string of the molecule is CCOC(=O)c1ccc(-c2sccc2C)nc1C. The summed E-state index contributed by atoms with van der Waals surface area (Å²) in [6.45, 7) is 6.06. The molecule has 4 heteroatoms. The Kier molecular flexibility index (Phi) is 3.77. The van der Waals surface area contributed by atoms with Crippen molar-refractivity contribution in [1.82, 2.24) is 4.98 Å². The minimum atomic E-state index is -0.308. The molecule has 0 bridgehead atoms. The van der Waals surface area contributed by atoms with Crippen molar-refractivity contribution in [1.29, 1.82) is 0 Å². The molecule has 0 amide bonds. The van der Waals surface area contributed by atoms with Crippen molar-refractivity contribution in [2.45, 2.75) is 20.8 Å². The molecule has 2 rings (SSSR count). The van der Waals surface area contributed by atoms with E-state index in [1.165, 1.54) is 5.56 Å². The second-order valence-electron chi connectivity index (χ2n) is 3.98. The van der Waals surface area contributed by atoms with Gasteiger partial charge in [-0.25, -0.2) is 4.79 Å². The number of hydrogen-bond donors (Lipinski definition) is 0. The second kappa shape index (κ2) is 5.31. The van der Waals surface area contributed by atoms with Crippen molar-refractivity contribution in [3.63, 3.8) is 0 Å².